The summed E-state index contributed by atoms with van der Waals surface area (Å²) in [5.41, 5.74) is 3.07. The van der Waals surface area contributed by atoms with Crippen LogP contribution in [0.1, 0.15) is 34.3 Å². The highest BCUT2D eigenvalue weighted by molar-refractivity contribution is 7.98. The summed E-state index contributed by atoms with van der Waals surface area (Å²) in [4.78, 5) is 28.2. The summed E-state index contributed by atoms with van der Waals surface area (Å²) >= 11 is 1.55. The summed E-state index contributed by atoms with van der Waals surface area (Å²) in [7, 11) is 1.57. The third-order valence-electron chi connectivity index (χ3n) is 5.03. The van der Waals surface area contributed by atoms with Crippen LogP contribution < -0.4 is 10.1 Å². The maximum atomic E-state index is 13.3. The highest BCUT2D eigenvalue weighted by atomic mass is 32.2. The summed E-state index contributed by atoms with van der Waals surface area (Å²) in [5.74, 6) is 1.62. The molecule has 7 nitrogen and oxygen atoms in total. The lowest BCUT2D eigenvalue weighted by atomic mass is 10.2. The number of hydrogen-bond acceptors (Lipinski definition) is 6. The van der Waals surface area contributed by atoms with E-state index in [2.05, 4.69) is 10.5 Å². The van der Waals surface area contributed by atoms with E-state index < -0.39 is 0 Å². The van der Waals surface area contributed by atoms with Crippen molar-refractivity contribution >= 4 is 29.3 Å². The number of nitrogens with one attached hydrogen (secondary N) is 1. The van der Waals surface area contributed by atoms with Crippen LogP contribution in [0.15, 0.2) is 57.9 Å². The highest BCUT2D eigenvalue weighted by Gasteiger charge is 2.21. The maximum absolute atomic E-state index is 13.3. The number of aryl methyl sites for hydroxylation is 2. The first-order valence-electron chi connectivity index (χ1n) is 10.3. The second-order valence-corrected chi connectivity index (χ2v) is 8.20. The number of benzene rings is 2. The Hall–Kier alpha value is -3.26. The standard InChI is InChI=1S/C24H27N3O4S/c1-5-27(14-23(28)25-18-9-8-10-19(13-18)30-4)24(29)20-11-6-7-12-22(20)32-15-21-16(2)26-31-17(21)3/h6-13H,5,14-15H2,1-4H3,(H,25,28). The molecule has 0 aliphatic carbocycles. The average Bonchev–Trinajstić information content (AvgIpc) is 3.13. The van der Waals surface area contributed by atoms with Crippen LogP contribution in [0.4, 0.5) is 5.69 Å². The van der Waals surface area contributed by atoms with E-state index in [1.807, 2.05) is 39.0 Å². The van der Waals surface area contributed by atoms with Crippen LogP contribution in [0.5, 0.6) is 5.75 Å². The molecule has 3 aromatic rings. The highest BCUT2D eigenvalue weighted by Crippen LogP contribution is 2.29. The van der Waals surface area contributed by atoms with Gasteiger partial charge in [-0.05, 0) is 45.0 Å². The van der Waals surface area contributed by atoms with Crippen molar-refractivity contribution in [1.82, 2.24) is 10.1 Å². The predicted octanol–water partition coefficient (Wildman–Crippen LogP) is 4.69. The van der Waals surface area contributed by atoms with Gasteiger partial charge in [0.25, 0.3) is 5.91 Å². The zero-order valence-electron chi connectivity index (χ0n) is 18.7. The number of ether oxygens (including phenoxy) is 1. The molecule has 8 heteroatoms. The van der Waals surface area contributed by atoms with E-state index in [-0.39, 0.29) is 18.4 Å². The molecule has 0 radical (unpaired) electrons. The molecule has 1 heterocycles. The Morgan fingerprint density at radius 2 is 1.94 bits per heavy atom. The fraction of sp³-hybridized carbons (Fsp3) is 0.292. The molecule has 0 saturated heterocycles. The Labute approximate surface area is 192 Å². The molecule has 0 bridgehead atoms. The van der Waals surface area contributed by atoms with E-state index in [0.717, 1.165) is 21.9 Å². The largest absolute Gasteiger partial charge is 0.497 e. The van der Waals surface area contributed by atoms with Crippen LogP contribution in [0.25, 0.3) is 0 Å². The zero-order valence-corrected chi connectivity index (χ0v) is 19.5. The lowest BCUT2D eigenvalue weighted by Gasteiger charge is -2.22. The lowest BCUT2D eigenvalue weighted by molar-refractivity contribution is -0.116. The monoisotopic (exact) mass is 453 g/mol. The van der Waals surface area contributed by atoms with Crippen molar-refractivity contribution < 1.29 is 18.8 Å². The smallest absolute Gasteiger partial charge is 0.255 e. The molecule has 0 aliphatic rings. The number of anilines is 1. The molecule has 0 fully saturated rings. The Balaban J connectivity index is 1.70. The number of likely N-dealkylation sites (N-methyl/N-ethyl adjacent to an activating group) is 1. The van der Waals surface area contributed by atoms with Crippen molar-refractivity contribution in [1.29, 1.82) is 0 Å². The average molecular weight is 454 g/mol. The van der Waals surface area contributed by atoms with E-state index in [4.69, 9.17) is 9.26 Å². The number of rotatable bonds is 9. The van der Waals surface area contributed by atoms with Gasteiger partial charge in [0, 0.05) is 34.5 Å². The fourth-order valence-electron chi connectivity index (χ4n) is 3.20. The van der Waals surface area contributed by atoms with Gasteiger partial charge < -0.3 is 19.5 Å². The molecule has 2 amide bonds. The Kier molecular flexibility index (Phi) is 7.94. The predicted molar refractivity (Wildman–Crippen MR) is 125 cm³/mol. The minimum Gasteiger partial charge on any atom is -0.497 e. The van der Waals surface area contributed by atoms with E-state index in [1.54, 1.807) is 49.2 Å². The van der Waals surface area contributed by atoms with Gasteiger partial charge in [-0.2, -0.15) is 0 Å². The molecule has 3 rings (SSSR count). The topological polar surface area (TPSA) is 84.7 Å². The SMILES string of the molecule is CCN(CC(=O)Nc1cccc(OC)c1)C(=O)c1ccccc1SCc1c(C)noc1C. The van der Waals surface area contributed by atoms with Crippen molar-refractivity contribution in [2.75, 3.05) is 25.5 Å². The van der Waals surface area contributed by atoms with E-state index >= 15 is 0 Å². The van der Waals surface area contributed by atoms with Crippen LogP contribution >= 0.6 is 11.8 Å². The summed E-state index contributed by atoms with van der Waals surface area (Å²) < 4.78 is 10.4. The van der Waals surface area contributed by atoms with Gasteiger partial charge in [-0.3, -0.25) is 9.59 Å². The molecule has 1 aromatic heterocycles. The van der Waals surface area contributed by atoms with Gasteiger partial charge in [0.15, 0.2) is 0 Å². The summed E-state index contributed by atoms with van der Waals surface area (Å²) in [6.07, 6.45) is 0. The van der Waals surface area contributed by atoms with Gasteiger partial charge >= 0.3 is 0 Å². The first-order valence-corrected chi connectivity index (χ1v) is 11.3. The maximum Gasteiger partial charge on any atom is 0.255 e. The molecule has 0 saturated carbocycles. The van der Waals surface area contributed by atoms with Crippen molar-refractivity contribution in [3.63, 3.8) is 0 Å². The van der Waals surface area contributed by atoms with E-state index in [9.17, 15) is 9.59 Å². The molecule has 1 N–H and O–H groups in total. The van der Waals surface area contributed by atoms with Crippen LogP contribution in [0.2, 0.25) is 0 Å². The number of methoxy groups -OCH3 is 1. The van der Waals surface area contributed by atoms with Crippen LogP contribution in [-0.2, 0) is 10.5 Å². The quantitative estimate of drug-likeness (QED) is 0.473. The number of amides is 2. The van der Waals surface area contributed by atoms with Gasteiger partial charge in [0.1, 0.15) is 18.1 Å². The number of carbonyl (C=O) groups is 2. The van der Waals surface area contributed by atoms with Gasteiger partial charge in [-0.15, -0.1) is 11.8 Å². The van der Waals surface area contributed by atoms with E-state index in [1.165, 1.54) is 4.90 Å². The number of nitrogens with zero attached hydrogens (tertiary/aromatic N) is 2. The normalized spacial score (nSPS) is 10.6. The molecule has 0 spiro atoms. The van der Waals surface area contributed by atoms with E-state index in [0.29, 0.717) is 29.3 Å². The third-order valence-corrected chi connectivity index (χ3v) is 6.13. The second kappa shape index (κ2) is 10.9. The van der Waals surface area contributed by atoms with Crippen molar-refractivity contribution in [3.8, 4) is 5.75 Å². The number of carbonyl (C=O) groups excluding carboxylic acids is 2. The molecule has 168 valence electrons. The number of thioether (sulfide) groups is 1. The van der Waals surface area contributed by atoms with Crippen LogP contribution in [-0.4, -0.2) is 42.1 Å². The second-order valence-electron chi connectivity index (χ2n) is 7.19. The minimum atomic E-state index is -0.269. The molecule has 0 atom stereocenters. The molecule has 0 unspecified atom stereocenters. The molecule has 2 aromatic carbocycles. The van der Waals surface area contributed by atoms with Crippen molar-refractivity contribution in [2.45, 2.75) is 31.4 Å². The zero-order chi connectivity index (χ0) is 23.1. The first kappa shape index (κ1) is 23.4. The fourth-order valence-corrected chi connectivity index (χ4v) is 4.40. The van der Waals surface area contributed by atoms with Crippen molar-refractivity contribution in [3.05, 3.63) is 71.1 Å². The third kappa shape index (κ3) is 5.70. The molecular formula is C24H27N3O4S. The van der Waals surface area contributed by atoms with Gasteiger partial charge in [0.05, 0.1) is 18.4 Å². The molecule has 32 heavy (non-hydrogen) atoms. The molecular weight excluding hydrogens is 426 g/mol. The minimum absolute atomic E-state index is 0.0462. The Bertz CT molecular complexity index is 1080. The number of hydrogen-bond donors (Lipinski definition) is 1. The van der Waals surface area contributed by atoms with Crippen molar-refractivity contribution in [2.24, 2.45) is 0 Å². The molecule has 0 aliphatic heterocycles. The summed E-state index contributed by atoms with van der Waals surface area (Å²) in [5, 5.41) is 6.81. The van der Waals surface area contributed by atoms with Gasteiger partial charge in [-0.1, -0.05) is 23.4 Å². The van der Waals surface area contributed by atoms with Gasteiger partial charge in [-0.25, -0.2) is 0 Å². The summed E-state index contributed by atoms with van der Waals surface area (Å²) in [6, 6.07) is 14.5. The van der Waals surface area contributed by atoms with Crippen LogP contribution in [0.3, 0.4) is 0 Å². The first-order chi connectivity index (χ1) is 15.4. The number of aromatic nitrogens is 1. The Morgan fingerprint density at radius 1 is 1.16 bits per heavy atom. The van der Waals surface area contributed by atoms with Gasteiger partial charge in [0.2, 0.25) is 5.91 Å². The summed E-state index contributed by atoms with van der Waals surface area (Å²) in [6.45, 7) is 6.01. The Morgan fingerprint density at radius 3 is 2.62 bits per heavy atom. The lowest BCUT2D eigenvalue weighted by Crippen LogP contribution is -2.38. The van der Waals surface area contributed by atoms with Crippen LogP contribution in [0, 0.1) is 13.8 Å².